The van der Waals surface area contributed by atoms with Crippen LogP contribution in [0.5, 0.6) is 0 Å². The molecule has 110 valence electrons. The minimum Gasteiger partial charge on any atom is -0.370 e. The van der Waals surface area contributed by atoms with E-state index in [0.29, 0.717) is 23.5 Å². The normalized spacial score (nSPS) is 10.3. The molecule has 0 atom stereocenters. The highest BCUT2D eigenvalue weighted by Gasteiger charge is 2.16. The molecule has 0 bridgehead atoms. The van der Waals surface area contributed by atoms with Crippen molar-refractivity contribution in [2.75, 3.05) is 6.54 Å². The van der Waals surface area contributed by atoms with Crippen LogP contribution in [0.1, 0.15) is 28.2 Å². The van der Waals surface area contributed by atoms with Gasteiger partial charge < -0.3 is 11.1 Å². The third-order valence-electron chi connectivity index (χ3n) is 2.77. The molecule has 2 heterocycles. The molecule has 2 aromatic rings. The Morgan fingerprint density at radius 1 is 1.38 bits per heavy atom. The van der Waals surface area contributed by atoms with Crippen LogP contribution in [0.15, 0.2) is 24.4 Å². The molecule has 0 aliphatic carbocycles. The predicted octanol–water partition coefficient (Wildman–Crippen LogP) is 1.51. The molecule has 7 heteroatoms. The molecule has 0 unspecified atom stereocenters. The highest BCUT2D eigenvalue weighted by atomic mass is 32.1. The molecule has 6 nitrogen and oxygen atoms in total. The summed E-state index contributed by atoms with van der Waals surface area (Å²) < 4.78 is 0. The summed E-state index contributed by atoms with van der Waals surface area (Å²) in [5.74, 6) is -0.549. The number of nitrogens with two attached hydrogens (primary N) is 1. The smallest absolute Gasteiger partial charge is 0.263 e. The van der Waals surface area contributed by atoms with Crippen LogP contribution in [0, 0.1) is 6.92 Å². The number of aryl methyl sites for hydroxylation is 1. The first-order valence-corrected chi connectivity index (χ1v) is 7.35. The van der Waals surface area contributed by atoms with Crippen LogP contribution in [-0.2, 0) is 4.79 Å². The number of primary amides is 1. The zero-order chi connectivity index (χ0) is 15.2. The van der Waals surface area contributed by atoms with Crippen LogP contribution in [0.2, 0.25) is 0 Å². The van der Waals surface area contributed by atoms with Crippen molar-refractivity contribution in [2.45, 2.75) is 19.8 Å². The molecule has 0 aromatic carbocycles. The lowest BCUT2D eigenvalue weighted by atomic mass is 10.3. The van der Waals surface area contributed by atoms with Crippen LogP contribution in [-0.4, -0.2) is 28.3 Å². The van der Waals surface area contributed by atoms with Gasteiger partial charge in [0.2, 0.25) is 5.91 Å². The van der Waals surface area contributed by atoms with Crippen molar-refractivity contribution in [1.29, 1.82) is 0 Å². The fraction of sp³-hybridized carbons (Fsp3) is 0.286. The van der Waals surface area contributed by atoms with Gasteiger partial charge in [-0.1, -0.05) is 6.07 Å². The Hall–Kier alpha value is -2.28. The van der Waals surface area contributed by atoms with Crippen LogP contribution in [0.25, 0.3) is 10.7 Å². The largest absolute Gasteiger partial charge is 0.370 e. The second kappa shape index (κ2) is 6.94. The lowest BCUT2D eigenvalue weighted by Gasteiger charge is -2.02. The number of nitrogens with one attached hydrogen (secondary N) is 1. The average Bonchev–Trinajstić information content (AvgIpc) is 2.86. The standard InChI is InChI=1S/C14H16N4O2S/c1-9-12(13(20)17-8-4-6-11(15)19)21-14(18-9)10-5-2-3-7-16-10/h2-3,5,7H,4,6,8H2,1H3,(H2,15,19)(H,17,20). The minimum absolute atomic E-state index is 0.184. The molecule has 0 aliphatic heterocycles. The Labute approximate surface area is 126 Å². The van der Waals surface area contributed by atoms with Crippen LogP contribution < -0.4 is 11.1 Å². The number of amides is 2. The Balaban J connectivity index is 2.02. The summed E-state index contributed by atoms with van der Waals surface area (Å²) in [5.41, 5.74) is 6.47. The van der Waals surface area contributed by atoms with E-state index in [-0.39, 0.29) is 18.2 Å². The predicted molar refractivity (Wildman–Crippen MR) is 80.8 cm³/mol. The molecule has 0 fully saturated rings. The number of aromatic nitrogens is 2. The SMILES string of the molecule is Cc1nc(-c2ccccn2)sc1C(=O)NCCCC(N)=O. The number of thiazole rings is 1. The van der Waals surface area contributed by atoms with E-state index in [1.807, 2.05) is 18.2 Å². The van der Waals surface area contributed by atoms with E-state index in [0.717, 1.165) is 10.7 Å². The van der Waals surface area contributed by atoms with Gasteiger partial charge in [0.1, 0.15) is 9.88 Å². The number of nitrogens with zero attached hydrogens (tertiary/aromatic N) is 2. The molecule has 0 saturated heterocycles. The number of rotatable bonds is 6. The Bertz CT molecular complexity index is 640. The fourth-order valence-corrected chi connectivity index (χ4v) is 2.71. The van der Waals surface area contributed by atoms with E-state index < -0.39 is 0 Å². The van der Waals surface area contributed by atoms with Gasteiger partial charge in [-0.2, -0.15) is 0 Å². The van der Waals surface area contributed by atoms with E-state index in [9.17, 15) is 9.59 Å². The lowest BCUT2D eigenvalue weighted by Crippen LogP contribution is -2.25. The molecule has 2 amide bonds. The lowest BCUT2D eigenvalue weighted by molar-refractivity contribution is -0.118. The van der Waals surface area contributed by atoms with Crippen molar-refractivity contribution in [1.82, 2.24) is 15.3 Å². The summed E-state index contributed by atoms with van der Waals surface area (Å²) in [6.45, 7) is 2.21. The van der Waals surface area contributed by atoms with Crippen molar-refractivity contribution in [3.8, 4) is 10.7 Å². The highest BCUT2D eigenvalue weighted by Crippen LogP contribution is 2.26. The first-order valence-electron chi connectivity index (χ1n) is 6.53. The summed E-state index contributed by atoms with van der Waals surface area (Å²) >= 11 is 1.31. The van der Waals surface area contributed by atoms with Crippen molar-refractivity contribution < 1.29 is 9.59 Å². The number of hydrogen-bond acceptors (Lipinski definition) is 5. The van der Waals surface area contributed by atoms with Gasteiger partial charge in [-0.05, 0) is 25.5 Å². The Morgan fingerprint density at radius 2 is 2.19 bits per heavy atom. The Kier molecular flexibility index (Phi) is 4.99. The van der Waals surface area contributed by atoms with Gasteiger partial charge >= 0.3 is 0 Å². The first-order chi connectivity index (χ1) is 10.1. The number of carbonyl (C=O) groups excluding carboxylic acids is 2. The summed E-state index contributed by atoms with van der Waals surface area (Å²) in [6.07, 6.45) is 2.49. The molecule has 21 heavy (non-hydrogen) atoms. The topological polar surface area (TPSA) is 98.0 Å². The van der Waals surface area contributed by atoms with E-state index in [1.54, 1.807) is 13.1 Å². The molecule has 3 N–H and O–H groups in total. The van der Waals surface area contributed by atoms with Gasteiger partial charge in [-0.15, -0.1) is 11.3 Å². The van der Waals surface area contributed by atoms with Gasteiger partial charge in [0, 0.05) is 19.2 Å². The summed E-state index contributed by atoms with van der Waals surface area (Å²) in [6, 6.07) is 5.56. The maximum atomic E-state index is 12.1. The molecule has 0 radical (unpaired) electrons. The van der Waals surface area contributed by atoms with Crippen LogP contribution >= 0.6 is 11.3 Å². The van der Waals surface area contributed by atoms with Gasteiger partial charge in [0.15, 0.2) is 0 Å². The molecule has 2 rings (SSSR count). The molecular formula is C14H16N4O2S. The minimum atomic E-state index is -0.365. The maximum absolute atomic E-state index is 12.1. The van der Waals surface area contributed by atoms with E-state index in [2.05, 4.69) is 15.3 Å². The van der Waals surface area contributed by atoms with Crippen LogP contribution in [0.3, 0.4) is 0 Å². The van der Waals surface area contributed by atoms with Crippen molar-refractivity contribution in [3.63, 3.8) is 0 Å². The molecule has 2 aromatic heterocycles. The monoisotopic (exact) mass is 304 g/mol. The third kappa shape index (κ3) is 4.09. The number of pyridine rings is 1. The Morgan fingerprint density at radius 3 is 2.86 bits per heavy atom. The number of carbonyl (C=O) groups is 2. The zero-order valence-corrected chi connectivity index (χ0v) is 12.4. The second-order valence-electron chi connectivity index (χ2n) is 4.47. The molecule has 0 saturated carbocycles. The van der Waals surface area contributed by atoms with E-state index in [1.165, 1.54) is 11.3 Å². The van der Waals surface area contributed by atoms with Gasteiger partial charge in [0.05, 0.1) is 11.4 Å². The van der Waals surface area contributed by atoms with Crippen molar-refractivity contribution in [2.24, 2.45) is 5.73 Å². The maximum Gasteiger partial charge on any atom is 0.263 e. The molecule has 0 spiro atoms. The van der Waals surface area contributed by atoms with Crippen molar-refractivity contribution >= 4 is 23.2 Å². The average molecular weight is 304 g/mol. The van der Waals surface area contributed by atoms with Gasteiger partial charge in [-0.3, -0.25) is 14.6 Å². The van der Waals surface area contributed by atoms with Gasteiger partial charge in [-0.25, -0.2) is 4.98 Å². The van der Waals surface area contributed by atoms with Crippen molar-refractivity contribution in [3.05, 3.63) is 35.0 Å². The summed E-state index contributed by atoms with van der Waals surface area (Å²) in [5, 5.41) is 3.48. The third-order valence-corrected chi connectivity index (χ3v) is 3.95. The quantitative estimate of drug-likeness (QED) is 0.790. The summed E-state index contributed by atoms with van der Waals surface area (Å²) in [7, 11) is 0. The molecule has 0 aliphatic rings. The summed E-state index contributed by atoms with van der Waals surface area (Å²) in [4.78, 5) is 31.9. The fourth-order valence-electron chi connectivity index (χ4n) is 1.75. The van der Waals surface area contributed by atoms with Gasteiger partial charge in [0.25, 0.3) is 5.91 Å². The number of hydrogen-bond donors (Lipinski definition) is 2. The molecular weight excluding hydrogens is 288 g/mol. The first kappa shape index (κ1) is 15.1. The van der Waals surface area contributed by atoms with E-state index >= 15 is 0 Å². The highest BCUT2D eigenvalue weighted by molar-refractivity contribution is 7.17. The van der Waals surface area contributed by atoms with E-state index in [4.69, 9.17) is 5.73 Å². The zero-order valence-electron chi connectivity index (χ0n) is 11.6. The van der Waals surface area contributed by atoms with Crippen LogP contribution in [0.4, 0.5) is 0 Å². The second-order valence-corrected chi connectivity index (χ2v) is 5.47.